The molecule has 19 heavy (non-hydrogen) atoms. The molecule has 0 aliphatic rings. The Bertz CT molecular complexity index is 463. The van der Waals surface area contributed by atoms with Crippen LogP contribution in [0.2, 0.25) is 0 Å². The average molecular weight is 334 g/mol. The average Bonchev–Trinajstić information content (AvgIpc) is 2.33. The van der Waals surface area contributed by atoms with Gasteiger partial charge in [-0.1, -0.05) is 13.8 Å². The second-order valence-electron chi connectivity index (χ2n) is 5.08. The Balaban J connectivity index is 2.92. The molecule has 0 spiro atoms. The number of hydrogen-bond acceptors (Lipinski definition) is 2. The Kier molecular flexibility index (Phi) is 6.07. The van der Waals surface area contributed by atoms with E-state index in [0.29, 0.717) is 12.5 Å². The van der Waals surface area contributed by atoms with Crippen LogP contribution in [-0.2, 0) is 0 Å². The lowest BCUT2D eigenvalue weighted by atomic mass is 9.90. The lowest BCUT2D eigenvalue weighted by Crippen LogP contribution is -2.21. The van der Waals surface area contributed by atoms with Gasteiger partial charge in [-0.2, -0.15) is 0 Å². The zero-order chi connectivity index (χ0) is 14.6. The van der Waals surface area contributed by atoms with Gasteiger partial charge in [-0.15, -0.1) is 0 Å². The molecule has 0 amide bonds. The number of carbonyl (C=O) groups excluding carboxylic acids is 1. The van der Waals surface area contributed by atoms with Crippen molar-refractivity contribution in [3.8, 4) is 0 Å². The molecule has 0 bridgehead atoms. The monoisotopic (exact) mass is 333 g/mol. The maximum Gasteiger partial charge on any atom is 0.169 e. The predicted octanol–water partition coefficient (Wildman–Crippen LogP) is 3.92. The van der Waals surface area contributed by atoms with Gasteiger partial charge in [-0.05, 0) is 52.9 Å². The van der Waals surface area contributed by atoms with Crippen molar-refractivity contribution in [3.05, 3.63) is 33.8 Å². The van der Waals surface area contributed by atoms with Gasteiger partial charge in [0, 0.05) is 6.42 Å². The second-order valence-corrected chi connectivity index (χ2v) is 5.93. The Hall–Kier alpha value is -0.810. The van der Waals surface area contributed by atoms with Crippen molar-refractivity contribution in [2.45, 2.75) is 26.7 Å². The van der Waals surface area contributed by atoms with Crippen LogP contribution >= 0.6 is 15.9 Å². The number of rotatable bonds is 6. The van der Waals surface area contributed by atoms with E-state index in [1.54, 1.807) is 0 Å². The van der Waals surface area contributed by atoms with Gasteiger partial charge in [0.1, 0.15) is 5.82 Å². The van der Waals surface area contributed by atoms with E-state index < -0.39 is 23.0 Å². The third-order valence-electron chi connectivity index (χ3n) is 2.93. The number of nitrogens with two attached hydrogens (primary N) is 1. The molecule has 1 rings (SSSR count). The molecule has 0 aromatic heterocycles. The molecule has 106 valence electrons. The fourth-order valence-electron chi connectivity index (χ4n) is 2.08. The summed E-state index contributed by atoms with van der Waals surface area (Å²) < 4.78 is 27.5. The summed E-state index contributed by atoms with van der Waals surface area (Å²) in [7, 11) is 0. The number of carbonyl (C=O) groups is 1. The van der Waals surface area contributed by atoms with Crippen molar-refractivity contribution in [1.82, 2.24) is 0 Å². The van der Waals surface area contributed by atoms with E-state index in [4.69, 9.17) is 5.73 Å². The first-order valence-electron chi connectivity index (χ1n) is 6.23. The van der Waals surface area contributed by atoms with Gasteiger partial charge in [-0.3, -0.25) is 4.79 Å². The van der Waals surface area contributed by atoms with Gasteiger partial charge in [0.05, 0.1) is 10.0 Å². The SMILES string of the molecule is CC(C)CC(CN)CC(=O)c1c(F)ccc(Br)c1F. The number of ketones is 1. The van der Waals surface area contributed by atoms with Crippen LogP contribution in [0, 0.1) is 23.5 Å². The van der Waals surface area contributed by atoms with Crippen LogP contribution in [0.15, 0.2) is 16.6 Å². The van der Waals surface area contributed by atoms with Crippen molar-refractivity contribution in [2.75, 3.05) is 6.54 Å². The number of benzene rings is 1. The molecule has 1 unspecified atom stereocenters. The molecule has 2 N–H and O–H groups in total. The first-order valence-corrected chi connectivity index (χ1v) is 7.02. The van der Waals surface area contributed by atoms with E-state index in [1.807, 2.05) is 13.8 Å². The molecule has 0 radical (unpaired) electrons. The fourth-order valence-corrected chi connectivity index (χ4v) is 2.41. The largest absolute Gasteiger partial charge is 0.330 e. The van der Waals surface area contributed by atoms with Crippen LogP contribution in [0.1, 0.15) is 37.0 Å². The fraction of sp³-hybridized carbons (Fsp3) is 0.500. The maximum atomic E-state index is 13.8. The zero-order valence-corrected chi connectivity index (χ0v) is 12.6. The lowest BCUT2D eigenvalue weighted by molar-refractivity contribution is 0.0949. The summed E-state index contributed by atoms with van der Waals surface area (Å²) in [5, 5.41) is 0. The standard InChI is InChI=1S/C14H18BrF2NO/c1-8(2)5-9(7-18)6-12(19)13-11(16)4-3-10(15)14(13)17/h3-4,8-9H,5-7,18H2,1-2H3. The van der Waals surface area contributed by atoms with Gasteiger partial charge < -0.3 is 5.73 Å². The summed E-state index contributed by atoms with van der Waals surface area (Å²) >= 11 is 2.95. The molecule has 0 heterocycles. The van der Waals surface area contributed by atoms with Gasteiger partial charge in [0.2, 0.25) is 0 Å². The number of hydrogen-bond donors (Lipinski definition) is 1. The minimum atomic E-state index is -0.842. The van der Waals surface area contributed by atoms with Crippen LogP contribution < -0.4 is 5.73 Å². The van der Waals surface area contributed by atoms with E-state index in [-0.39, 0.29) is 16.8 Å². The Morgan fingerprint density at radius 2 is 2.00 bits per heavy atom. The maximum absolute atomic E-state index is 13.8. The summed E-state index contributed by atoms with van der Waals surface area (Å²) in [6.07, 6.45) is 0.832. The molecule has 2 nitrogen and oxygen atoms in total. The Morgan fingerprint density at radius 1 is 1.37 bits per heavy atom. The van der Waals surface area contributed by atoms with E-state index >= 15 is 0 Å². The van der Waals surface area contributed by atoms with Crippen LogP contribution in [0.3, 0.4) is 0 Å². The molecule has 0 saturated carbocycles. The third kappa shape index (κ3) is 4.35. The highest BCUT2D eigenvalue weighted by Gasteiger charge is 2.22. The normalized spacial score (nSPS) is 12.8. The quantitative estimate of drug-likeness (QED) is 0.633. The topological polar surface area (TPSA) is 43.1 Å². The van der Waals surface area contributed by atoms with Crippen LogP contribution in [-0.4, -0.2) is 12.3 Å². The zero-order valence-electron chi connectivity index (χ0n) is 11.1. The molecular weight excluding hydrogens is 316 g/mol. The van der Waals surface area contributed by atoms with Gasteiger partial charge >= 0.3 is 0 Å². The van der Waals surface area contributed by atoms with E-state index in [2.05, 4.69) is 15.9 Å². The predicted molar refractivity (Wildman–Crippen MR) is 75.0 cm³/mol. The summed E-state index contributed by atoms with van der Waals surface area (Å²) in [4.78, 5) is 12.0. The lowest BCUT2D eigenvalue weighted by Gasteiger charge is -2.16. The number of halogens is 3. The Morgan fingerprint density at radius 3 is 2.53 bits per heavy atom. The van der Waals surface area contributed by atoms with Crippen molar-refractivity contribution < 1.29 is 13.6 Å². The van der Waals surface area contributed by atoms with E-state index in [1.165, 1.54) is 6.07 Å². The second kappa shape index (κ2) is 7.10. The van der Waals surface area contributed by atoms with Crippen molar-refractivity contribution >= 4 is 21.7 Å². The van der Waals surface area contributed by atoms with E-state index in [0.717, 1.165) is 12.5 Å². The van der Waals surface area contributed by atoms with Crippen LogP contribution in [0.4, 0.5) is 8.78 Å². The minimum Gasteiger partial charge on any atom is -0.330 e. The molecule has 0 fully saturated rings. The third-order valence-corrected chi connectivity index (χ3v) is 3.55. The van der Waals surface area contributed by atoms with Crippen molar-refractivity contribution in [2.24, 2.45) is 17.6 Å². The summed E-state index contributed by atoms with van der Waals surface area (Å²) in [5.74, 6) is -1.87. The highest BCUT2D eigenvalue weighted by atomic mass is 79.9. The first-order chi connectivity index (χ1) is 8.86. The minimum absolute atomic E-state index is 0.0507. The molecule has 1 aromatic rings. The molecule has 0 aliphatic heterocycles. The van der Waals surface area contributed by atoms with Gasteiger partial charge in [-0.25, -0.2) is 8.78 Å². The molecule has 1 atom stereocenters. The molecule has 5 heteroatoms. The van der Waals surface area contributed by atoms with Crippen LogP contribution in [0.5, 0.6) is 0 Å². The molecule has 0 saturated heterocycles. The summed E-state index contributed by atoms with van der Waals surface area (Å²) in [5.41, 5.74) is 5.13. The van der Waals surface area contributed by atoms with Crippen LogP contribution in [0.25, 0.3) is 0 Å². The van der Waals surface area contributed by atoms with E-state index in [9.17, 15) is 13.6 Å². The molecule has 0 aliphatic carbocycles. The Labute approximate surface area is 120 Å². The van der Waals surface area contributed by atoms with Gasteiger partial charge in [0.25, 0.3) is 0 Å². The first kappa shape index (κ1) is 16.2. The molecule has 1 aromatic carbocycles. The summed E-state index contributed by atoms with van der Waals surface area (Å²) in [6.45, 7) is 4.38. The highest BCUT2D eigenvalue weighted by Crippen LogP contribution is 2.25. The van der Waals surface area contributed by atoms with Crippen molar-refractivity contribution in [1.29, 1.82) is 0 Å². The van der Waals surface area contributed by atoms with Crippen molar-refractivity contribution in [3.63, 3.8) is 0 Å². The number of Topliss-reactive ketones (excluding diaryl/α,β-unsaturated/α-hetero) is 1. The smallest absolute Gasteiger partial charge is 0.169 e. The molecular formula is C14H18BrF2NO. The highest BCUT2D eigenvalue weighted by molar-refractivity contribution is 9.10. The van der Waals surface area contributed by atoms with Gasteiger partial charge in [0.15, 0.2) is 11.6 Å². The summed E-state index contributed by atoms with van der Waals surface area (Å²) in [6, 6.07) is 2.33.